The SMILES string of the molecule is CCc1ccc(C(N)c2coc3ccccc23)cc1. The van der Waals surface area contributed by atoms with Gasteiger partial charge in [-0.25, -0.2) is 0 Å². The third-order valence-corrected chi connectivity index (χ3v) is 3.59. The molecule has 1 atom stereocenters. The van der Waals surface area contributed by atoms with Crippen LogP contribution in [0.4, 0.5) is 0 Å². The number of aryl methyl sites for hydroxylation is 1. The summed E-state index contributed by atoms with van der Waals surface area (Å²) in [5.41, 5.74) is 10.7. The number of furan rings is 1. The molecule has 0 amide bonds. The second-order valence-electron chi connectivity index (χ2n) is 4.76. The summed E-state index contributed by atoms with van der Waals surface area (Å²) in [4.78, 5) is 0. The van der Waals surface area contributed by atoms with E-state index < -0.39 is 0 Å². The second-order valence-corrected chi connectivity index (χ2v) is 4.76. The summed E-state index contributed by atoms with van der Waals surface area (Å²) in [6.07, 6.45) is 2.81. The highest BCUT2D eigenvalue weighted by Gasteiger charge is 2.14. The van der Waals surface area contributed by atoms with E-state index in [-0.39, 0.29) is 6.04 Å². The van der Waals surface area contributed by atoms with Gasteiger partial charge in [0.1, 0.15) is 5.58 Å². The van der Waals surface area contributed by atoms with E-state index in [4.69, 9.17) is 10.2 Å². The van der Waals surface area contributed by atoms with Crippen LogP contribution in [-0.4, -0.2) is 0 Å². The minimum absolute atomic E-state index is 0.144. The third-order valence-electron chi connectivity index (χ3n) is 3.59. The topological polar surface area (TPSA) is 39.2 Å². The molecule has 19 heavy (non-hydrogen) atoms. The highest BCUT2D eigenvalue weighted by Crippen LogP contribution is 2.29. The quantitative estimate of drug-likeness (QED) is 0.763. The van der Waals surface area contributed by atoms with Crippen molar-refractivity contribution in [1.29, 1.82) is 0 Å². The molecule has 2 aromatic carbocycles. The van der Waals surface area contributed by atoms with Crippen LogP contribution in [0.5, 0.6) is 0 Å². The van der Waals surface area contributed by atoms with Gasteiger partial charge in [-0.3, -0.25) is 0 Å². The molecule has 0 fully saturated rings. The maximum Gasteiger partial charge on any atom is 0.134 e. The van der Waals surface area contributed by atoms with Crippen LogP contribution >= 0.6 is 0 Å². The largest absolute Gasteiger partial charge is 0.464 e. The summed E-state index contributed by atoms with van der Waals surface area (Å²) in [7, 11) is 0. The lowest BCUT2D eigenvalue weighted by Gasteiger charge is -2.11. The average Bonchev–Trinajstić information content (AvgIpc) is 2.90. The average molecular weight is 251 g/mol. The monoisotopic (exact) mass is 251 g/mol. The van der Waals surface area contributed by atoms with Gasteiger partial charge in [-0.15, -0.1) is 0 Å². The van der Waals surface area contributed by atoms with E-state index in [9.17, 15) is 0 Å². The van der Waals surface area contributed by atoms with Gasteiger partial charge in [-0.05, 0) is 23.6 Å². The van der Waals surface area contributed by atoms with Crippen LogP contribution in [0.1, 0.15) is 29.7 Å². The predicted octanol–water partition coefficient (Wildman–Crippen LogP) is 4.04. The molecule has 3 rings (SSSR count). The van der Waals surface area contributed by atoms with Crippen molar-refractivity contribution < 1.29 is 4.42 Å². The molecule has 0 bridgehead atoms. The van der Waals surface area contributed by atoms with Crippen molar-refractivity contribution in [3.63, 3.8) is 0 Å². The molecule has 3 aromatic rings. The van der Waals surface area contributed by atoms with E-state index in [1.807, 2.05) is 18.2 Å². The van der Waals surface area contributed by atoms with Crippen LogP contribution in [0.2, 0.25) is 0 Å². The first-order chi connectivity index (χ1) is 9.29. The number of hydrogen-bond donors (Lipinski definition) is 1. The summed E-state index contributed by atoms with van der Waals surface area (Å²) in [6, 6.07) is 16.3. The smallest absolute Gasteiger partial charge is 0.134 e. The Bertz CT molecular complexity index is 682. The Morgan fingerprint density at radius 1 is 1.05 bits per heavy atom. The Balaban J connectivity index is 2.00. The van der Waals surface area contributed by atoms with Gasteiger partial charge in [0.05, 0.1) is 12.3 Å². The van der Waals surface area contributed by atoms with Gasteiger partial charge in [-0.1, -0.05) is 49.4 Å². The number of para-hydroxylation sites is 1. The van der Waals surface area contributed by atoms with Crippen molar-refractivity contribution in [1.82, 2.24) is 0 Å². The molecule has 1 unspecified atom stereocenters. The molecule has 0 spiro atoms. The van der Waals surface area contributed by atoms with E-state index in [1.54, 1.807) is 6.26 Å². The normalized spacial score (nSPS) is 12.7. The number of benzene rings is 2. The van der Waals surface area contributed by atoms with Crippen molar-refractivity contribution in [2.24, 2.45) is 5.73 Å². The van der Waals surface area contributed by atoms with E-state index in [0.717, 1.165) is 28.5 Å². The van der Waals surface area contributed by atoms with Crippen LogP contribution in [0.15, 0.2) is 59.2 Å². The van der Waals surface area contributed by atoms with E-state index in [1.165, 1.54) is 5.56 Å². The van der Waals surface area contributed by atoms with Crippen molar-refractivity contribution in [3.05, 3.63) is 71.5 Å². The molecule has 0 radical (unpaired) electrons. The molecular formula is C17H17NO. The molecular weight excluding hydrogens is 234 g/mol. The molecule has 0 saturated carbocycles. The third kappa shape index (κ3) is 2.15. The first kappa shape index (κ1) is 12.0. The first-order valence-electron chi connectivity index (χ1n) is 6.60. The number of rotatable bonds is 3. The lowest BCUT2D eigenvalue weighted by atomic mass is 9.98. The molecule has 1 heterocycles. The van der Waals surface area contributed by atoms with Crippen LogP contribution in [0.25, 0.3) is 11.0 Å². The standard InChI is InChI=1S/C17H17NO/c1-2-12-7-9-13(10-8-12)17(18)15-11-19-16-6-4-3-5-14(15)16/h3-11,17H,2,18H2,1H3. The highest BCUT2D eigenvalue weighted by atomic mass is 16.3. The Kier molecular flexibility index (Phi) is 3.10. The molecule has 0 saturated heterocycles. The summed E-state index contributed by atoms with van der Waals surface area (Å²) >= 11 is 0. The van der Waals surface area contributed by atoms with Crippen molar-refractivity contribution in [2.75, 3.05) is 0 Å². The minimum atomic E-state index is -0.144. The summed E-state index contributed by atoms with van der Waals surface area (Å²) < 4.78 is 5.56. The number of fused-ring (bicyclic) bond motifs is 1. The maximum atomic E-state index is 6.36. The van der Waals surface area contributed by atoms with Crippen LogP contribution in [0.3, 0.4) is 0 Å². The van der Waals surface area contributed by atoms with Gasteiger partial charge in [0, 0.05) is 10.9 Å². The van der Waals surface area contributed by atoms with Crippen molar-refractivity contribution in [3.8, 4) is 0 Å². The predicted molar refractivity (Wildman–Crippen MR) is 78.1 cm³/mol. The number of nitrogens with two attached hydrogens (primary N) is 1. The van der Waals surface area contributed by atoms with Crippen molar-refractivity contribution >= 4 is 11.0 Å². The molecule has 2 N–H and O–H groups in total. The van der Waals surface area contributed by atoms with Gasteiger partial charge < -0.3 is 10.2 Å². The summed E-state index contributed by atoms with van der Waals surface area (Å²) in [6.45, 7) is 2.15. The van der Waals surface area contributed by atoms with Gasteiger partial charge in [0.2, 0.25) is 0 Å². The lowest BCUT2D eigenvalue weighted by molar-refractivity contribution is 0.607. The fraction of sp³-hybridized carbons (Fsp3) is 0.176. The molecule has 1 aromatic heterocycles. The van der Waals surface area contributed by atoms with Crippen LogP contribution in [0, 0.1) is 0 Å². The molecule has 0 aliphatic rings. The summed E-state index contributed by atoms with van der Waals surface area (Å²) in [5.74, 6) is 0. The van der Waals surface area contributed by atoms with E-state index >= 15 is 0 Å². The van der Waals surface area contributed by atoms with E-state index in [0.29, 0.717) is 0 Å². The lowest BCUT2D eigenvalue weighted by Crippen LogP contribution is -2.11. The molecule has 2 heteroatoms. The van der Waals surface area contributed by atoms with Gasteiger partial charge in [-0.2, -0.15) is 0 Å². The van der Waals surface area contributed by atoms with Gasteiger partial charge in [0.15, 0.2) is 0 Å². The second kappa shape index (κ2) is 4.90. The Hall–Kier alpha value is -2.06. The highest BCUT2D eigenvalue weighted by molar-refractivity contribution is 5.81. The maximum absolute atomic E-state index is 6.36. The van der Waals surface area contributed by atoms with Gasteiger partial charge in [0.25, 0.3) is 0 Å². The van der Waals surface area contributed by atoms with Gasteiger partial charge >= 0.3 is 0 Å². The molecule has 2 nitrogen and oxygen atoms in total. The molecule has 0 aliphatic carbocycles. The zero-order chi connectivity index (χ0) is 13.2. The zero-order valence-electron chi connectivity index (χ0n) is 11.0. The Morgan fingerprint density at radius 2 is 1.79 bits per heavy atom. The number of hydrogen-bond acceptors (Lipinski definition) is 2. The zero-order valence-corrected chi connectivity index (χ0v) is 11.0. The fourth-order valence-electron chi connectivity index (χ4n) is 2.38. The first-order valence-corrected chi connectivity index (χ1v) is 6.60. The Morgan fingerprint density at radius 3 is 2.53 bits per heavy atom. The fourth-order valence-corrected chi connectivity index (χ4v) is 2.38. The van der Waals surface area contributed by atoms with Crippen LogP contribution < -0.4 is 5.73 Å². The summed E-state index contributed by atoms with van der Waals surface area (Å²) in [5, 5.41) is 1.09. The van der Waals surface area contributed by atoms with Crippen molar-refractivity contribution in [2.45, 2.75) is 19.4 Å². The van der Waals surface area contributed by atoms with Crippen LogP contribution in [-0.2, 0) is 6.42 Å². The molecule has 96 valence electrons. The molecule has 0 aliphatic heterocycles. The Labute approximate surface area is 112 Å². The van der Waals surface area contributed by atoms with E-state index in [2.05, 4.69) is 37.3 Å². The minimum Gasteiger partial charge on any atom is -0.464 e.